The maximum absolute atomic E-state index is 11.2. The molecule has 0 fully saturated rings. The molecular formula is C18H26O5. The molecular weight excluding hydrogens is 296 g/mol. The molecule has 5 heteroatoms. The van der Waals surface area contributed by atoms with E-state index in [1.807, 2.05) is 44.2 Å². The lowest BCUT2D eigenvalue weighted by Crippen LogP contribution is -2.44. The Hall–Kier alpha value is -1.85. The number of para-hydroxylation sites is 1. The van der Waals surface area contributed by atoms with E-state index in [-0.39, 0.29) is 13.0 Å². The van der Waals surface area contributed by atoms with Crippen molar-refractivity contribution in [3.63, 3.8) is 0 Å². The van der Waals surface area contributed by atoms with E-state index in [2.05, 4.69) is 6.58 Å². The number of ether oxygens (including phenoxy) is 4. The second-order valence-electron chi connectivity index (χ2n) is 4.92. The Kier molecular flexibility index (Phi) is 9.02. The molecule has 0 aliphatic heterocycles. The predicted octanol–water partition coefficient (Wildman–Crippen LogP) is 3.69. The fourth-order valence-corrected chi connectivity index (χ4v) is 1.81. The molecule has 5 nitrogen and oxygen atoms in total. The monoisotopic (exact) mass is 322 g/mol. The first kappa shape index (κ1) is 19.2. The van der Waals surface area contributed by atoms with Crippen LogP contribution in [0.15, 0.2) is 43.0 Å². The van der Waals surface area contributed by atoms with Crippen LogP contribution < -0.4 is 4.74 Å². The summed E-state index contributed by atoms with van der Waals surface area (Å²) in [6.45, 7) is 8.46. The molecule has 0 aliphatic carbocycles. The number of rotatable bonds is 12. The molecule has 0 spiro atoms. The molecule has 0 N–H and O–H groups in total. The molecule has 0 aromatic heterocycles. The molecule has 0 aliphatic rings. The molecule has 0 heterocycles. The van der Waals surface area contributed by atoms with Crippen LogP contribution in [0, 0.1) is 0 Å². The summed E-state index contributed by atoms with van der Waals surface area (Å²) in [7, 11) is 0. The van der Waals surface area contributed by atoms with E-state index in [0.29, 0.717) is 19.0 Å². The van der Waals surface area contributed by atoms with Gasteiger partial charge >= 0.3 is 11.9 Å². The van der Waals surface area contributed by atoms with Crippen LogP contribution in [0.1, 0.15) is 33.1 Å². The van der Waals surface area contributed by atoms with Gasteiger partial charge in [0.05, 0.1) is 19.6 Å². The Bertz CT molecular complexity index is 450. The zero-order valence-corrected chi connectivity index (χ0v) is 14.0. The third-order valence-electron chi connectivity index (χ3n) is 2.89. The van der Waals surface area contributed by atoms with Gasteiger partial charge in [0.2, 0.25) is 0 Å². The molecule has 0 radical (unpaired) electrons. The Morgan fingerprint density at radius 2 is 1.70 bits per heavy atom. The van der Waals surface area contributed by atoms with Gasteiger partial charge in [-0.05, 0) is 25.0 Å². The third-order valence-corrected chi connectivity index (χ3v) is 2.89. The average Bonchev–Trinajstić information content (AvgIpc) is 2.58. The van der Waals surface area contributed by atoms with E-state index in [4.69, 9.17) is 18.9 Å². The van der Waals surface area contributed by atoms with Crippen LogP contribution in [0.3, 0.4) is 0 Å². The lowest BCUT2D eigenvalue weighted by molar-refractivity contribution is -0.348. The summed E-state index contributed by atoms with van der Waals surface area (Å²) in [4.78, 5) is 11.2. The number of carbonyl (C=O) groups excluding carboxylic acids is 1. The minimum absolute atomic E-state index is 0.116. The highest BCUT2D eigenvalue weighted by molar-refractivity contribution is 5.81. The fraction of sp³-hybridized carbons (Fsp3) is 0.500. The zero-order chi connectivity index (χ0) is 17.0. The Morgan fingerprint density at radius 1 is 1.09 bits per heavy atom. The topological polar surface area (TPSA) is 54.0 Å². The van der Waals surface area contributed by atoms with Gasteiger partial charge in [-0.15, -0.1) is 0 Å². The van der Waals surface area contributed by atoms with Crippen LogP contribution in [0.4, 0.5) is 0 Å². The van der Waals surface area contributed by atoms with Gasteiger partial charge in [-0.1, -0.05) is 38.6 Å². The highest BCUT2D eigenvalue weighted by atomic mass is 16.9. The van der Waals surface area contributed by atoms with Crippen LogP contribution in [-0.4, -0.2) is 31.8 Å². The SMILES string of the molecule is C=CC(=O)OCCC(OCCC)(OCCC)Oc1ccccc1. The Morgan fingerprint density at radius 3 is 2.22 bits per heavy atom. The second kappa shape index (κ2) is 10.8. The first-order valence-electron chi connectivity index (χ1n) is 7.97. The van der Waals surface area contributed by atoms with Gasteiger partial charge in [0.1, 0.15) is 12.4 Å². The first-order valence-corrected chi connectivity index (χ1v) is 7.97. The van der Waals surface area contributed by atoms with E-state index < -0.39 is 11.9 Å². The van der Waals surface area contributed by atoms with Gasteiger partial charge in [-0.3, -0.25) is 0 Å². The number of carbonyl (C=O) groups is 1. The molecule has 0 saturated carbocycles. The minimum atomic E-state index is -1.27. The van der Waals surface area contributed by atoms with Gasteiger partial charge in [0, 0.05) is 6.08 Å². The third kappa shape index (κ3) is 7.30. The predicted molar refractivity (Wildman–Crippen MR) is 88.1 cm³/mol. The summed E-state index contributed by atoms with van der Waals surface area (Å²) in [6, 6.07) is 9.30. The Labute approximate surface area is 138 Å². The van der Waals surface area contributed by atoms with Crippen LogP contribution in [-0.2, 0) is 19.0 Å². The molecule has 1 aromatic rings. The number of benzene rings is 1. The van der Waals surface area contributed by atoms with Crippen LogP contribution in [0.5, 0.6) is 5.75 Å². The smallest absolute Gasteiger partial charge is 0.330 e. The van der Waals surface area contributed by atoms with Crippen molar-refractivity contribution in [1.82, 2.24) is 0 Å². The average molecular weight is 322 g/mol. The van der Waals surface area contributed by atoms with Crippen molar-refractivity contribution >= 4 is 5.97 Å². The molecule has 128 valence electrons. The van der Waals surface area contributed by atoms with Crippen molar-refractivity contribution in [2.24, 2.45) is 0 Å². The summed E-state index contributed by atoms with van der Waals surface area (Å²) in [5.41, 5.74) is 0. The molecule has 0 unspecified atom stereocenters. The van der Waals surface area contributed by atoms with Crippen molar-refractivity contribution in [1.29, 1.82) is 0 Å². The first-order chi connectivity index (χ1) is 11.2. The van der Waals surface area contributed by atoms with E-state index in [0.717, 1.165) is 18.9 Å². The fourth-order valence-electron chi connectivity index (χ4n) is 1.81. The lowest BCUT2D eigenvalue weighted by Gasteiger charge is -2.33. The number of hydrogen-bond donors (Lipinski definition) is 0. The van der Waals surface area contributed by atoms with Gasteiger partial charge in [-0.2, -0.15) is 0 Å². The molecule has 1 rings (SSSR count). The summed E-state index contributed by atoms with van der Waals surface area (Å²) in [6.07, 6.45) is 3.03. The van der Waals surface area contributed by atoms with E-state index in [1.54, 1.807) is 0 Å². The van der Waals surface area contributed by atoms with Gasteiger partial charge in [0.15, 0.2) is 0 Å². The molecule has 23 heavy (non-hydrogen) atoms. The van der Waals surface area contributed by atoms with E-state index in [1.165, 1.54) is 0 Å². The summed E-state index contributed by atoms with van der Waals surface area (Å²) < 4.78 is 22.7. The van der Waals surface area contributed by atoms with Gasteiger partial charge < -0.3 is 18.9 Å². The van der Waals surface area contributed by atoms with Crippen molar-refractivity contribution < 1.29 is 23.7 Å². The Balaban J connectivity index is 2.83. The van der Waals surface area contributed by atoms with E-state index >= 15 is 0 Å². The van der Waals surface area contributed by atoms with Crippen molar-refractivity contribution in [2.45, 2.75) is 39.1 Å². The largest absolute Gasteiger partial charge is 0.462 e. The maximum Gasteiger partial charge on any atom is 0.330 e. The maximum atomic E-state index is 11.2. The molecule has 0 bridgehead atoms. The van der Waals surface area contributed by atoms with Gasteiger partial charge in [-0.25, -0.2) is 4.79 Å². The second-order valence-corrected chi connectivity index (χ2v) is 4.92. The number of hydrogen-bond acceptors (Lipinski definition) is 5. The molecule has 0 amide bonds. The highest BCUT2D eigenvalue weighted by Gasteiger charge is 2.35. The number of esters is 1. The standard InChI is InChI=1S/C18H26O5/c1-4-13-21-18(22-14-5-2,12-15-20-17(19)6-3)23-16-10-8-7-9-11-16/h6-11H,3-5,12-15H2,1-2H3. The minimum Gasteiger partial charge on any atom is -0.462 e. The van der Waals surface area contributed by atoms with Crippen molar-refractivity contribution in [3.05, 3.63) is 43.0 Å². The molecule has 0 atom stereocenters. The van der Waals surface area contributed by atoms with Crippen LogP contribution >= 0.6 is 0 Å². The summed E-state index contributed by atoms with van der Waals surface area (Å²) in [5.74, 6) is -1.12. The van der Waals surface area contributed by atoms with Gasteiger partial charge in [0.25, 0.3) is 0 Å². The molecule has 1 aromatic carbocycles. The lowest BCUT2D eigenvalue weighted by atomic mass is 10.3. The van der Waals surface area contributed by atoms with Crippen molar-refractivity contribution in [3.8, 4) is 5.75 Å². The summed E-state index contributed by atoms with van der Waals surface area (Å²) in [5, 5.41) is 0. The highest BCUT2D eigenvalue weighted by Crippen LogP contribution is 2.25. The zero-order valence-electron chi connectivity index (χ0n) is 14.0. The van der Waals surface area contributed by atoms with Crippen LogP contribution in [0.25, 0.3) is 0 Å². The molecule has 0 saturated heterocycles. The summed E-state index contributed by atoms with van der Waals surface area (Å²) >= 11 is 0. The normalized spacial score (nSPS) is 11.0. The quantitative estimate of drug-likeness (QED) is 0.334. The van der Waals surface area contributed by atoms with E-state index in [9.17, 15) is 4.79 Å². The van der Waals surface area contributed by atoms with Crippen LogP contribution in [0.2, 0.25) is 0 Å². The van der Waals surface area contributed by atoms with Crippen molar-refractivity contribution in [2.75, 3.05) is 19.8 Å².